The lowest BCUT2D eigenvalue weighted by molar-refractivity contribution is -0.142. The van der Waals surface area contributed by atoms with Crippen LogP contribution in [-0.4, -0.2) is 65.1 Å². The van der Waals surface area contributed by atoms with Crippen LogP contribution in [0.15, 0.2) is 164 Å². The number of ether oxygens (including phenoxy) is 1. The van der Waals surface area contributed by atoms with Crippen molar-refractivity contribution in [3.8, 4) is 28.0 Å². The first-order chi connectivity index (χ1) is 32.5. The van der Waals surface area contributed by atoms with Crippen LogP contribution in [0, 0.1) is 11.8 Å². The number of hydrogen-bond donors (Lipinski definition) is 4. The van der Waals surface area contributed by atoms with Gasteiger partial charge in [0.25, 0.3) is 0 Å². The Morgan fingerprint density at radius 1 is 0.597 bits per heavy atom. The van der Waals surface area contributed by atoms with Crippen LogP contribution in [0.2, 0.25) is 0 Å². The van der Waals surface area contributed by atoms with Gasteiger partial charge in [-0.25, -0.2) is 0 Å². The molecule has 3 amide bonds. The number of carboxylic acids is 1. The summed E-state index contributed by atoms with van der Waals surface area (Å²) >= 11 is 0. The maximum absolute atomic E-state index is 14.8. The minimum absolute atomic E-state index is 0.0634. The zero-order valence-corrected chi connectivity index (χ0v) is 37.4. The van der Waals surface area contributed by atoms with Gasteiger partial charge in [0.2, 0.25) is 17.7 Å². The zero-order valence-electron chi connectivity index (χ0n) is 37.4. The minimum atomic E-state index is -1.23. The second kappa shape index (κ2) is 23.0. The van der Waals surface area contributed by atoms with E-state index in [2.05, 4.69) is 16.0 Å². The molecule has 0 spiro atoms. The topological polar surface area (TPSA) is 168 Å². The summed E-state index contributed by atoms with van der Waals surface area (Å²) in [5.74, 6) is -5.23. The first-order valence-electron chi connectivity index (χ1n) is 22.7. The van der Waals surface area contributed by atoms with Gasteiger partial charge in [-0.3, -0.25) is 28.8 Å². The van der Waals surface area contributed by atoms with E-state index in [1.165, 1.54) is 6.92 Å². The Morgan fingerprint density at radius 2 is 1.12 bits per heavy atom. The monoisotopic (exact) mass is 897 g/mol. The van der Waals surface area contributed by atoms with E-state index in [-0.39, 0.29) is 50.9 Å². The Kier molecular flexibility index (Phi) is 16.2. The number of nitrogens with one attached hydrogen (secondary N) is 3. The number of amides is 3. The first kappa shape index (κ1) is 47.3. The van der Waals surface area contributed by atoms with Crippen molar-refractivity contribution in [1.29, 1.82) is 0 Å². The number of hydrogen-bond acceptors (Lipinski definition) is 7. The van der Waals surface area contributed by atoms with Crippen molar-refractivity contribution >= 4 is 35.3 Å². The van der Waals surface area contributed by atoms with Gasteiger partial charge in [0, 0.05) is 31.1 Å². The number of fused-ring (bicyclic) bond motifs is 16. The highest BCUT2D eigenvalue weighted by Crippen LogP contribution is 2.25. The number of carbonyl (C=O) groups excluding carboxylic acids is 5. The third-order valence-corrected chi connectivity index (χ3v) is 12.1. The molecule has 0 unspecified atom stereocenters. The summed E-state index contributed by atoms with van der Waals surface area (Å²) in [5.41, 5.74) is 7.19. The number of carbonyl (C=O) groups is 6. The predicted octanol–water partition coefficient (Wildman–Crippen LogP) is 7.78. The molecular weight excluding hydrogens is 843 g/mol. The molecule has 6 aromatic rings. The summed E-state index contributed by atoms with van der Waals surface area (Å²) in [5, 5.41) is 18.1. The number of aryl methyl sites for hydroxylation is 1. The Balaban J connectivity index is 1.23. The van der Waals surface area contributed by atoms with Crippen LogP contribution in [0.5, 0.6) is 5.75 Å². The standard InChI is InChI=1S/C56H55N3O8/c1-37(56(65)66)57-53(62)47-32-40-21-28-49(29-22-40)67-36-48(60)34-46(31-39-17-24-44(25-18-39)42-13-7-3-8-14-42)54(63)59-51(33-41-19-26-45(27-20-41)43-15-9-4-10-16-43)55(64)58-50(52(61)35-47)30-23-38-11-5-2-6-12-38/h2-22,24-29,37,46-47,50-51H,23,30-36H2,1H3,(H,57,62)(H,58,64)(H,59,63)(H,65,66)/t37-,46+,47+,50-,51+/m0/s1. The zero-order chi connectivity index (χ0) is 47.1. The highest BCUT2D eigenvalue weighted by atomic mass is 16.5. The SMILES string of the molecule is C[C@H](NC(=O)[C@H]1CC(=O)[C@H](CCc2ccccc2)NC(=O)[C@@H](Cc2ccc(-c3ccccc3)cc2)NC(=O)[C@H](Cc2ccc(-c3ccccc3)cc2)CC(=O)COc2ccc(cc2)C1)C(=O)O. The van der Waals surface area contributed by atoms with Gasteiger partial charge in [-0.15, -0.1) is 0 Å². The van der Waals surface area contributed by atoms with E-state index in [9.17, 15) is 33.9 Å². The molecule has 2 aliphatic heterocycles. The number of ketones is 2. The lowest BCUT2D eigenvalue weighted by Crippen LogP contribution is -2.54. The summed E-state index contributed by atoms with van der Waals surface area (Å²) in [4.78, 5) is 83.2. The van der Waals surface area contributed by atoms with Gasteiger partial charge in [0.05, 0.1) is 6.04 Å². The van der Waals surface area contributed by atoms with E-state index >= 15 is 0 Å². The maximum Gasteiger partial charge on any atom is 0.325 e. The Hall–Kier alpha value is -7.66. The Morgan fingerprint density at radius 3 is 1.69 bits per heavy atom. The number of aliphatic carboxylic acids is 1. The average molecular weight is 898 g/mol. The summed E-state index contributed by atoms with van der Waals surface area (Å²) in [6.07, 6.45) is 0.452. The van der Waals surface area contributed by atoms with E-state index in [4.69, 9.17) is 4.74 Å². The van der Waals surface area contributed by atoms with Crippen molar-refractivity contribution in [1.82, 2.24) is 16.0 Å². The molecule has 0 aliphatic carbocycles. The van der Waals surface area contributed by atoms with Gasteiger partial charge in [-0.2, -0.15) is 0 Å². The highest BCUT2D eigenvalue weighted by Gasteiger charge is 2.33. The van der Waals surface area contributed by atoms with Crippen LogP contribution in [0.25, 0.3) is 22.3 Å². The van der Waals surface area contributed by atoms with Gasteiger partial charge >= 0.3 is 5.97 Å². The van der Waals surface area contributed by atoms with Crippen molar-refractivity contribution in [2.75, 3.05) is 6.61 Å². The molecule has 0 radical (unpaired) electrons. The van der Waals surface area contributed by atoms with E-state index < -0.39 is 59.4 Å². The van der Waals surface area contributed by atoms with Gasteiger partial charge in [-0.05, 0) is 89.2 Å². The smallest absolute Gasteiger partial charge is 0.325 e. The summed E-state index contributed by atoms with van der Waals surface area (Å²) in [6.45, 7) is 1.03. The number of benzene rings is 6. The molecule has 6 aromatic carbocycles. The van der Waals surface area contributed by atoms with Crippen molar-refractivity contribution in [3.63, 3.8) is 0 Å². The van der Waals surface area contributed by atoms with Crippen LogP contribution in [0.1, 0.15) is 48.4 Å². The van der Waals surface area contributed by atoms with Gasteiger partial charge in [0.1, 0.15) is 24.4 Å². The molecule has 0 fully saturated rings. The molecular formula is C56H55N3O8. The van der Waals surface area contributed by atoms with Gasteiger partial charge in [0.15, 0.2) is 11.6 Å². The van der Waals surface area contributed by atoms with Crippen molar-refractivity contribution < 1.29 is 38.6 Å². The molecule has 2 bridgehead atoms. The van der Waals surface area contributed by atoms with Gasteiger partial charge < -0.3 is 25.8 Å². The van der Waals surface area contributed by atoms with Crippen molar-refractivity contribution in [3.05, 3.63) is 186 Å². The van der Waals surface area contributed by atoms with E-state index in [1.54, 1.807) is 24.3 Å². The van der Waals surface area contributed by atoms with E-state index in [0.29, 0.717) is 17.7 Å². The second-order valence-electron chi connectivity index (χ2n) is 17.2. The second-order valence-corrected chi connectivity index (χ2v) is 17.2. The fourth-order valence-electron chi connectivity index (χ4n) is 8.29. The maximum atomic E-state index is 14.8. The largest absolute Gasteiger partial charge is 0.486 e. The number of carboxylic acid groups (broad SMARTS) is 1. The molecule has 0 aromatic heterocycles. The highest BCUT2D eigenvalue weighted by molar-refractivity contribution is 5.96. The van der Waals surface area contributed by atoms with Crippen LogP contribution in [0.4, 0.5) is 0 Å². The van der Waals surface area contributed by atoms with Crippen molar-refractivity contribution in [2.24, 2.45) is 11.8 Å². The van der Waals surface area contributed by atoms with Crippen LogP contribution < -0.4 is 20.7 Å². The summed E-state index contributed by atoms with van der Waals surface area (Å²) in [6, 6.07) is 48.0. The van der Waals surface area contributed by atoms with Crippen LogP contribution in [-0.2, 0) is 54.5 Å². The fourth-order valence-corrected chi connectivity index (χ4v) is 8.29. The molecule has 0 saturated heterocycles. The normalized spacial score (nSPS) is 18.8. The van der Waals surface area contributed by atoms with Crippen LogP contribution in [0.3, 0.4) is 0 Å². The molecule has 8 rings (SSSR count). The Labute approximate surface area is 391 Å². The van der Waals surface area contributed by atoms with E-state index in [1.807, 2.05) is 140 Å². The minimum Gasteiger partial charge on any atom is -0.486 e. The first-order valence-corrected chi connectivity index (χ1v) is 22.7. The third-order valence-electron chi connectivity index (χ3n) is 12.1. The quantitative estimate of drug-likeness (QED) is 0.0966. The third kappa shape index (κ3) is 13.7. The predicted molar refractivity (Wildman–Crippen MR) is 257 cm³/mol. The molecule has 5 atom stereocenters. The molecule has 342 valence electrons. The van der Waals surface area contributed by atoms with Gasteiger partial charge in [-0.1, -0.05) is 152 Å². The molecule has 2 aliphatic rings. The van der Waals surface area contributed by atoms with Crippen molar-refractivity contribution in [2.45, 2.75) is 70.0 Å². The number of rotatable bonds is 12. The molecule has 0 saturated carbocycles. The molecule has 4 N–H and O–H groups in total. The van der Waals surface area contributed by atoms with E-state index in [0.717, 1.165) is 38.9 Å². The molecule has 2 heterocycles. The number of Topliss-reactive ketones (excluding diaryl/α,β-unsaturated/α-hetero) is 2. The lowest BCUT2D eigenvalue weighted by atomic mass is 9.89. The average Bonchev–Trinajstić information content (AvgIpc) is 3.35. The molecule has 11 nitrogen and oxygen atoms in total. The molecule has 11 heteroatoms. The summed E-state index contributed by atoms with van der Waals surface area (Å²) < 4.78 is 5.90. The molecule has 67 heavy (non-hydrogen) atoms. The lowest BCUT2D eigenvalue weighted by Gasteiger charge is -2.26. The Bertz CT molecular complexity index is 2620. The summed E-state index contributed by atoms with van der Waals surface area (Å²) in [7, 11) is 0. The van der Waals surface area contributed by atoms with Crippen LogP contribution >= 0.6 is 0 Å². The fraction of sp³-hybridized carbons (Fsp3) is 0.250.